The lowest BCUT2D eigenvalue weighted by Gasteiger charge is -2.43. The van der Waals surface area contributed by atoms with Crippen LogP contribution in [-0.4, -0.2) is 36.4 Å². The first-order valence-corrected chi connectivity index (χ1v) is 4.96. The second kappa shape index (κ2) is 1.77. The lowest BCUT2D eigenvalue weighted by Crippen LogP contribution is -2.57. The van der Waals surface area contributed by atoms with E-state index in [0.29, 0.717) is 17.9 Å². The third-order valence-electron chi connectivity index (χ3n) is 4.46. The molecule has 2 saturated heterocycles. The Labute approximate surface area is 73.1 Å². The number of hydrogen-bond acceptors (Lipinski definition) is 1. The highest BCUT2D eigenvalue weighted by atomic mass is 16.1. The Bertz CT molecular complexity index is 237. The van der Waals surface area contributed by atoms with Gasteiger partial charge in [0.15, 0.2) is 0 Å². The predicted molar refractivity (Wildman–Crippen MR) is 45.5 cm³/mol. The van der Waals surface area contributed by atoms with Crippen LogP contribution < -0.4 is 0 Å². The molecule has 1 aliphatic carbocycles. The van der Waals surface area contributed by atoms with Gasteiger partial charge in [0.05, 0.1) is 39.0 Å². The summed E-state index contributed by atoms with van der Waals surface area (Å²) in [5.41, 5.74) is 0. The number of carbonyl (C=O) groups is 1. The fourth-order valence-corrected chi connectivity index (χ4v) is 3.68. The summed E-state index contributed by atoms with van der Waals surface area (Å²) < 4.78 is 1.14. The molecule has 3 aliphatic rings. The molecule has 2 heteroatoms. The Morgan fingerprint density at radius 1 is 1.17 bits per heavy atom. The Kier molecular flexibility index (Phi) is 1.04. The maximum absolute atomic E-state index is 11.4. The molecule has 4 atom stereocenters. The number of ketones is 1. The summed E-state index contributed by atoms with van der Waals surface area (Å²) in [6.07, 6.45) is 3.15. The molecule has 2 bridgehead atoms. The second-order valence-electron chi connectivity index (χ2n) is 5.27. The van der Waals surface area contributed by atoms with Crippen molar-refractivity contribution < 1.29 is 9.28 Å². The third kappa shape index (κ3) is 0.634. The van der Waals surface area contributed by atoms with Crippen LogP contribution in [0.15, 0.2) is 0 Å². The summed E-state index contributed by atoms with van der Waals surface area (Å²) in [6, 6.07) is 1.36. The number of piperidine rings is 2. The van der Waals surface area contributed by atoms with Gasteiger partial charge in [0.2, 0.25) is 0 Å². The van der Waals surface area contributed by atoms with Gasteiger partial charge in [0.1, 0.15) is 5.78 Å². The quantitative estimate of drug-likeness (QED) is 0.487. The predicted octanol–water partition coefficient (Wildman–Crippen LogP) is 0.813. The number of hydrogen-bond donors (Lipinski definition) is 0. The minimum atomic E-state index is 0.523. The van der Waals surface area contributed by atoms with E-state index in [1.807, 2.05) is 0 Å². The molecule has 0 amide bonds. The first kappa shape index (κ1) is 7.07. The average Bonchev–Trinajstić information content (AvgIpc) is 2.66. The van der Waals surface area contributed by atoms with E-state index in [1.165, 1.54) is 6.42 Å². The number of quaternary nitrogens is 1. The van der Waals surface area contributed by atoms with Crippen LogP contribution in [0.1, 0.15) is 19.3 Å². The number of nitrogens with zero attached hydrogens (tertiary/aromatic N) is 1. The van der Waals surface area contributed by atoms with Crippen LogP contribution in [0.5, 0.6) is 0 Å². The molecule has 1 saturated carbocycles. The van der Waals surface area contributed by atoms with Crippen molar-refractivity contribution in [3.05, 3.63) is 0 Å². The van der Waals surface area contributed by atoms with Gasteiger partial charge in [-0.05, 0) is 6.42 Å². The van der Waals surface area contributed by atoms with E-state index in [1.54, 1.807) is 0 Å². The van der Waals surface area contributed by atoms with Gasteiger partial charge >= 0.3 is 0 Å². The molecule has 0 aromatic rings. The minimum absolute atomic E-state index is 0.523. The van der Waals surface area contributed by atoms with Crippen LogP contribution in [0.25, 0.3) is 0 Å². The van der Waals surface area contributed by atoms with Crippen LogP contribution in [0.3, 0.4) is 0 Å². The molecule has 2 heterocycles. The lowest BCUT2D eigenvalue weighted by molar-refractivity contribution is -0.932. The van der Waals surface area contributed by atoms with Gasteiger partial charge in [-0.15, -0.1) is 0 Å². The highest BCUT2D eigenvalue weighted by Crippen LogP contribution is 2.59. The van der Waals surface area contributed by atoms with Gasteiger partial charge in [-0.3, -0.25) is 4.79 Å². The fraction of sp³-hybridized carbons (Fsp3) is 0.900. The molecule has 0 N–H and O–H groups in total. The van der Waals surface area contributed by atoms with Crippen LogP contribution in [0, 0.1) is 11.8 Å². The van der Waals surface area contributed by atoms with Crippen molar-refractivity contribution >= 4 is 5.78 Å². The highest BCUT2D eigenvalue weighted by molar-refractivity contribution is 5.80. The molecule has 3 fully saturated rings. The molecule has 4 unspecified atom stereocenters. The molecule has 12 heavy (non-hydrogen) atoms. The van der Waals surface area contributed by atoms with Crippen LogP contribution in [-0.2, 0) is 4.79 Å². The molecule has 2 nitrogen and oxygen atoms in total. The summed E-state index contributed by atoms with van der Waals surface area (Å²) >= 11 is 0. The maximum Gasteiger partial charge on any atom is 0.144 e. The van der Waals surface area contributed by atoms with Crippen LogP contribution in [0.2, 0.25) is 0 Å². The summed E-state index contributed by atoms with van der Waals surface area (Å²) in [5.74, 6) is 2.35. The van der Waals surface area contributed by atoms with Crippen LogP contribution >= 0.6 is 0 Å². The van der Waals surface area contributed by atoms with Crippen molar-refractivity contribution in [2.45, 2.75) is 31.3 Å². The highest BCUT2D eigenvalue weighted by Gasteiger charge is 2.67. The Hall–Kier alpha value is -0.370. The van der Waals surface area contributed by atoms with Crippen molar-refractivity contribution in [1.29, 1.82) is 0 Å². The molecular formula is C10H16NO+. The molecule has 66 valence electrons. The lowest BCUT2D eigenvalue weighted by atomic mass is 9.95. The van der Waals surface area contributed by atoms with Crippen molar-refractivity contribution in [3.8, 4) is 0 Å². The number of Topliss-reactive ketones (excluding diaryl/α,β-unsaturated/α-hetero) is 1. The summed E-state index contributed by atoms with van der Waals surface area (Å²) in [4.78, 5) is 11.4. The zero-order valence-corrected chi connectivity index (χ0v) is 7.79. The molecule has 0 spiro atoms. The van der Waals surface area contributed by atoms with Crippen molar-refractivity contribution in [2.75, 3.05) is 14.1 Å². The Morgan fingerprint density at radius 2 is 1.67 bits per heavy atom. The van der Waals surface area contributed by atoms with Crippen molar-refractivity contribution in [1.82, 2.24) is 0 Å². The third-order valence-corrected chi connectivity index (χ3v) is 4.46. The standard InChI is InChI=1S/C10H16NO/c1-11(2)9-3-6(12)4-10(11)8-5-7(8)9/h7-10H,3-5H2,1-2H3/q+1. The fourth-order valence-electron chi connectivity index (χ4n) is 3.68. The monoisotopic (exact) mass is 166 g/mol. The molecule has 0 aromatic carbocycles. The smallest absolute Gasteiger partial charge is 0.144 e. The summed E-state index contributed by atoms with van der Waals surface area (Å²) in [7, 11) is 4.63. The average molecular weight is 166 g/mol. The molecule has 3 rings (SSSR count). The van der Waals surface area contributed by atoms with Gasteiger partial charge < -0.3 is 4.48 Å². The van der Waals surface area contributed by atoms with Crippen molar-refractivity contribution in [3.63, 3.8) is 0 Å². The zero-order valence-electron chi connectivity index (χ0n) is 7.79. The van der Waals surface area contributed by atoms with E-state index in [0.717, 1.165) is 29.2 Å². The zero-order chi connectivity index (χ0) is 8.51. The maximum atomic E-state index is 11.4. The molecule has 0 aromatic heterocycles. The van der Waals surface area contributed by atoms with E-state index in [4.69, 9.17) is 0 Å². The first-order chi connectivity index (χ1) is 5.60. The Balaban J connectivity index is 2.01. The van der Waals surface area contributed by atoms with Gasteiger partial charge in [-0.1, -0.05) is 0 Å². The van der Waals surface area contributed by atoms with Gasteiger partial charge in [0.25, 0.3) is 0 Å². The number of carbonyl (C=O) groups excluding carboxylic acids is 1. The van der Waals surface area contributed by atoms with E-state index in [9.17, 15) is 4.79 Å². The minimum Gasteiger partial charge on any atom is -0.322 e. The molecular weight excluding hydrogens is 150 g/mol. The summed E-state index contributed by atoms with van der Waals surface area (Å²) in [6.45, 7) is 0. The molecule has 2 aliphatic heterocycles. The SMILES string of the molecule is C[N+]1(C)C2CC(=O)CC1C1CC12. The number of rotatable bonds is 0. The second-order valence-corrected chi connectivity index (χ2v) is 5.27. The van der Waals surface area contributed by atoms with E-state index in [2.05, 4.69) is 14.1 Å². The van der Waals surface area contributed by atoms with E-state index < -0.39 is 0 Å². The van der Waals surface area contributed by atoms with Gasteiger partial charge in [0, 0.05) is 11.8 Å². The topological polar surface area (TPSA) is 17.1 Å². The van der Waals surface area contributed by atoms with Gasteiger partial charge in [-0.2, -0.15) is 0 Å². The van der Waals surface area contributed by atoms with Crippen LogP contribution in [0.4, 0.5) is 0 Å². The Morgan fingerprint density at radius 3 is 2.17 bits per heavy atom. The summed E-state index contributed by atoms with van der Waals surface area (Å²) in [5, 5.41) is 0. The molecule has 0 radical (unpaired) electrons. The normalized spacial score (nSPS) is 53.7. The number of fused-ring (bicyclic) bond motifs is 5. The van der Waals surface area contributed by atoms with E-state index in [-0.39, 0.29) is 0 Å². The first-order valence-electron chi connectivity index (χ1n) is 4.96. The van der Waals surface area contributed by atoms with Crippen molar-refractivity contribution in [2.24, 2.45) is 11.8 Å². The van der Waals surface area contributed by atoms with E-state index >= 15 is 0 Å². The van der Waals surface area contributed by atoms with Gasteiger partial charge in [-0.25, -0.2) is 0 Å². The largest absolute Gasteiger partial charge is 0.322 e.